The fourth-order valence-electron chi connectivity index (χ4n) is 10.2. The number of hydrogen-bond acceptors (Lipinski definition) is 5. The lowest BCUT2D eigenvalue weighted by atomic mass is 9.72. The van der Waals surface area contributed by atoms with Gasteiger partial charge < -0.3 is 29.0 Å². The van der Waals surface area contributed by atoms with Crippen molar-refractivity contribution in [3.8, 4) is 18.1 Å². The zero-order valence-corrected chi connectivity index (χ0v) is 43.7. The van der Waals surface area contributed by atoms with Crippen LogP contribution in [0.1, 0.15) is 103 Å². The van der Waals surface area contributed by atoms with Gasteiger partial charge in [0.1, 0.15) is 11.6 Å². The number of carbonyl (C=O) groups excluding carboxylic acids is 2. The van der Waals surface area contributed by atoms with E-state index in [2.05, 4.69) is 57.7 Å². The molecule has 0 bridgehead atoms. The first-order valence-electron chi connectivity index (χ1n) is 25.2. The topological polar surface area (TPSA) is 75.0 Å². The number of likely N-dealkylation sites (tertiary alicyclic amines) is 1. The van der Waals surface area contributed by atoms with Crippen LogP contribution in [0.3, 0.4) is 0 Å². The number of aromatic nitrogens is 2. The van der Waals surface area contributed by atoms with E-state index in [0.29, 0.717) is 91.0 Å². The van der Waals surface area contributed by atoms with E-state index in [0.717, 1.165) is 52.2 Å². The predicted molar refractivity (Wildman–Crippen MR) is 287 cm³/mol. The molecular weight excluding hydrogens is 930 g/mol. The summed E-state index contributed by atoms with van der Waals surface area (Å²) in [7, 11) is 3.88. The van der Waals surface area contributed by atoms with Crippen LogP contribution in [0, 0.1) is 43.3 Å². The average molecular weight is 999 g/mol. The lowest BCUT2D eigenvalue weighted by Gasteiger charge is -2.40. The Morgan fingerprint density at radius 1 is 0.944 bits per heavy atom. The number of ether oxygens (including phenoxy) is 1. The van der Waals surface area contributed by atoms with Crippen LogP contribution in [0.25, 0.3) is 5.57 Å². The monoisotopic (exact) mass is 999 g/mol. The van der Waals surface area contributed by atoms with Crippen molar-refractivity contribution in [1.82, 2.24) is 24.3 Å². The van der Waals surface area contributed by atoms with E-state index in [9.17, 15) is 13.6 Å². The van der Waals surface area contributed by atoms with Gasteiger partial charge in [-0.15, -0.1) is 6.42 Å². The Bertz CT molecular complexity index is 2850. The summed E-state index contributed by atoms with van der Waals surface area (Å²) in [6.45, 7) is 13.3. The summed E-state index contributed by atoms with van der Waals surface area (Å²) < 4.78 is 54.8. The highest BCUT2D eigenvalue weighted by molar-refractivity contribution is 7.80. The van der Waals surface area contributed by atoms with E-state index < -0.39 is 11.3 Å². The zero-order valence-electron chi connectivity index (χ0n) is 42.9. The van der Waals surface area contributed by atoms with Crippen molar-refractivity contribution in [3.05, 3.63) is 154 Å². The number of halogens is 3. The maximum absolute atomic E-state index is 15.6. The third kappa shape index (κ3) is 12.3. The Labute approximate surface area is 429 Å². The predicted octanol–water partition coefficient (Wildman–Crippen LogP) is 11.7. The van der Waals surface area contributed by atoms with E-state index in [1.54, 1.807) is 17.0 Å². The molecule has 1 N–H and O–H groups in total. The second-order valence-corrected chi connectivity index (χ2v) is 20.2. The van der Waals surface area contributed by atoms with Crippen molar-refractivity contribution in [3.63, 3.8) is 0 Å². The van der Waals surface area contributed by atoms with Gasteiger partial charge in [0.2, 0.25) is 6.41 Å². The minimum Gasteiger partial charge on any atom is -0.494 e. The summed E-state index contributed by atoms with van der Waals surface area (Å²) in [6, 6.07) is 26.4. The van der Waals surface area contributed by atoms with E-state index in [1.807, 2.05) is 100 Å². The number of benzene rings is 3. The number of amides is 2. The van der Waals surface area contributed by atoms with Crippen LogP contribution < -0.4 is 15.0 Å². The van der Waals surface area contributed by atoms with Crippen molar-refractivity contribution in [2.75, 3.05) is 44.2 Å². The fourth-order valence-corrected chi connectivity index (χ4v) is 10.5. The van der Waals surface area contributed by atoms with Crippen LogP contribution in [0.2, 0.25) is 0 Å². The van der Waals surface area contributed by atoms with E-state index in [4.69, 9.17) is 23.4 Å². The highest BCUT2D eigenvalue weighted by Gasteiger charge is 2.38. The molecule has 9 nitrogen and oxygen atoms in total. The minimum atomic E-state index is -2.72. The third-order valence-electron chi connectivity index (χ3n) is 14.4. The number of rotatable bonds is 21. The Morgan fingerprint density at radius 2 is 1.65 bits per heavy atom. The number of anilines is 2. The fraction of sp³-hybridized carbons (Fsp3) is 0.407. The van der Waals surface area contributed by atoms with Crippen LogP contribution in [0.5, 0.6) is 5.75 Å². The molecule has 3 heterocycles. The summed E-state index contributed by atoms with van der Waals surface area (Å²) in [4.78, 5) is 33.6. The summed E-state index contributed by atoms with van der Waals surface area (Å²) in [5.74, 6) is -0.257. The van der Waals surface area contributed by atoms with Crippen LogP contribution in [0.15, 0.2) is 103 Å². The van der Waals surface area contributed by atoms with Crippen molar-refractivity contribution < 1.29 is 27.5 Å². The molecule has 3 aromatic carbocycles. The van der Waals surface area contributed by atoms with Gasteiger partial charge in [-0.25, -0.2) is 13.2 Å². The lowest BCUT2D eigenvalue weighted by molar-refractivity contribution is -0.109. The standard InChI is InChI=1S/C59H69F3N6O3S/c1-9-27-67(56(72)32-44-21-22-49(34-53(44)60)71-30-10-2)39-58(6)24-23-50(52(36-58)46(38-66-28-25-59(61,62)26-29-66)31-43-17-15-16-18-45(43)37-63-40-69)55-35-51(41(4)65(55)8)57(70)68(48-19-13-12-14-20-48)54-33-47(11-3)64(7)42(54)5/h3,12-23,33-36,40,46H,9-10,24-32,37-39H2,1-2,4-8H3,(H,63,69). The molecule has 0 radical (unpaired) electrons. The van der Waals surface area contributed by atoms with E-state index in [1.165, 1.54) is 6.07 Å². The summed E-state index contributed by atoms with van der Waals surface area (Å²) in [5.41, 5.74) is 9.03. The molecule has 2 atom stereocenters. The molecule has 2 aliphatic rings. The Hall–Kier alpha value is -6.36. The van der Waals surface area contributed by atoms with Gasteiger partial charge in [-0.05, 0) is 97.7 Å². The second-order valence-electron chi connectivity index (χ2n) is 19.8. The number of nitrogens with zero attached hydrogens (tertiary/aromatic N) is 5. The first kappa shape index (κ1) is 53.4. The number of terminal acetylenes is 1. The number of alkyl halides is 2. The van der Waals surface area contributed by atoms with Gasteiger partial charge in [-0.2, -0.15) is 0 Å². The summed E-state index contributed by atoms with van der Waals surface area (Å²) in [5, 5.41) is 2.84. The normalized spacial score (nSPS) is 17.1. The highest BCUT2D eigenvalue weighted by Crippen LogP contribution is 2.44. The Morgan fingerprint density at radius 3 is 2.31 bits per heavy atom. The number of thiocarbonyl (C=S) groups is 1. The van der Waals surface area contributed by atoms with E-state index in [-0.39, 0.29) is 50.0 Å². The lowest BCUT2D eigenvalue weighted by Crippen LogP contribution is -2.43. The zero-order chi connectivity index (χ0) is 51.7. The molecule has 2 unspecified atom stereocenters. The molecule has 1 saturated heterocycles. The highest BCUT2D eigenvalue weighted by atomic mass is 32.1. The molecule has 0 saturated carbocycles. The molecular formula is C59H69F3N6O3S. The van der Waals surface area contributed by atoms with Gasteiger partial charge in [-0.3, -0.25) is 14.5 Å². The molecule has 380 valence electrons. The van der Waals surface area contributed by atoms with Crippen molar-refractivity contribution in [2.24, 2.45) is 25.4 Å². The number of hydrogen-bond donors (Lipinski definition) is 1. The van der Waals surface area contributed by atoms with Crippen LogP contribution in [-0.4, -0.2) is 81.5 Å². The van der Waals surface area contributed by atoms with Gasteiger partial charge in [0.25, 0.3) is 11.8 Å². The maximum Gasteiger partial charge on any atom is 0.264 e. The van der Waals surface area contributed by atoms with Gasteiger partial charge in [0, 0.05) is 113 Å². The molecule has 2 amide bonds. The molecule has 13 heteroatoms. The van der Waals surface area contributed by atoms with Crippen molar-refractivity contribution >= 4 is 46.5 Å². The molecule has 1 fully saturated rings. The average Bonchev–Trinajstić information content (AvgIpc) is 3.82. The van der Waals surface area contributed by atoms with Gasteiger partial charge in [-0.1, -0.05) is 99.6 Å². The first-order valence-corrected chi connectivity index (χ1v) is 25.6. The minimum absolute atomic E-state index is 0.210. The largest absolute Gasteiger partial charge is 0.494 e. The van der Waals surface area contributed by atoms with Crippen LogP contribution in [-0.2, 0) is 38.3 Å². The van der Waals surface area contributed by atoms with Gasteiger partial charge in [0.05, 0.1) is 28.5 Å². The Balaban J connectivity index is 1.33. The number of para-hydroxylation sites is 1. The summed E-state index contributed by atoms with van der Waals surface area (Å²) >= 11 is 6.16. The number of carbonyl (C=O) groups is 2. The number of piperidine rings is 1. The SMILES string of the molecule is C#Cc1cc(N(C(=O)c2cc(C3=CCC(C)(CN(CCC)C(=S)Cc4ccc(OCCC)cc4F)C=C3C(Cc3ccccc3CNC=O)CN3CCC(F)(F)CC3)n(C)c2C)c2ccccc2)c(C)n1C. The van der Waals surface area contributed by atoms with Crippen molar-refractivity contribution in [2.45, 2.75) is 92.0 Å². The molecule has 2 aromatic heterocycles. The second kappa shape index (κ2) is 23.5. The Kier molecular flexibility index (Phi) is 17.4. The maximum atomic E-state index is 15.6. The van der Waals surface area contributed by atoms with Crippen LogP contribution in [0.4, 0.5) is 24.5 Å². The molecule has 5 aromatic rings. The third-order valence-corrected chi connectivity index (χ3v) is 14.9. The van der Waals surface area contributed by atoms with Crippen molar-refractivity contribution in [1.29, 1.82) is 0 Å². The number of allylic oxidation sites excluding steroid dienone is 2. The number of nitrogens with one attached hydrogen (secondary N) is 1. The van der Waals surface area contributed by atoms with Crippen LogP contribution >= 0.6 is 12.2 Å². The molecule has 1 aliphatic heterocycles. The first-order chi connectivity index (χ1) is 34.5. The summed E-state index contributed by atoms with van der Waals surface area (Å²) in [6.07, 6.45) is 13.9. The quantitative estimate of drug-likeness (QED) is 0.0448. The van der Waals surface area contributed by atoms with E-state index >= 15 is 9.18 Å². The molecule has 0 spiro atoms. The van der Waals surface area contributed by atoms with Gasteiger partial charge in [0.15, 0.2) is 0 Å². The molecule has 1 aliphatic carbocycles. The molecule has 7 rings (SSSR count). The molecule has 72 heavy (non-hydrogen) atoms. The smallest absolute Gasteiger partial charge is 0.264 e. The van der Waals surface area contributed by atoms with Gasteiger partial charge >= 0.3 is 0 Å².